The van der Waals surface area contributed by atoms with Crippen molar-refractivity contribution in [2.24, 2.45) is 4.99 Å². The van der Waals surface area contributed by atoms with Crippen molar-refractivity contribution >= 4 is 17.1 Å². The SMILES string of the molecule is [CH2]CCCCCON1c2ccccc2C(=Nc2ccccc2)C1(c1ccccc1)c1ccccc1. The quantitative estimate of drug-likeness (QED) is 0.238. The van der Waals surface area contributed by atoms with Crippen molar-refractivity contribution in [3.05, 3.63) is 139 Å². The molecule has 1 aliphatic rings. The molecule has 1 radical (unpaired) electrons. The van der Waals surface area contributed by atoms with Crippen LogP contribution in [0.25, 0.3) is 0 Å². The molecule has 0 fully saturated rings. The molecule has 0 saturated carbocycles. The van der Waals surface area contributed by atoms with Gasteiger partial charge in [-0.25, -0.2) is 10.1 Å². The molecule has 0 spiro atoms. The van der Waals surface area contributed by atoms with E-state index in [9.17, 15) is 0 Å². The minimum atomic E-state index is -0.728. The average molecular weight is 460 g/mol. The highest BCUT2D eigenvalue weighted by molar-refractivity contribution is 6.19. The Labute approximate surface area is 208 Å². The van der Waals surface area contributed by atoms with Crippen LogP contribution in [0.15, 0.2) is 120 Å². The molecule has 0 bridgehead atoms. The Bertz CT molecular complexity index is 1210. The van der Waals surface area contributed by atoms with Crippen molar-refractivity contribution in [3.8, 4) is 0 Å². The Morgan fingerprint density at radius 1 is 0.657 bits per heavy atom. The maximum absolute atomic E-state index is 6.70. The standard InChI is InChI=1S/C32H31N2O/c1-2-3-4-16-25-35-34-30-24-15-14-23-29(30)31(33-28-21-12-7-13-22-28)32(34,26-17-8-5-9-18-26)27-19-10-6-11-20-27/h5-15,17-24H,1-4,16,25H2. The summed E-state index contributed by atoms with van der Waals surface area (Å²) in [5.41, 5.74) is 5.52. The van der Waals surface area contributed by atoms with Gasteiger partial charge < -0.3 is 0 Å². The first kappa shape index (κ1) is 23.1. The second-order valence-electron chi connectivity index (χ2n) is 8.80. The molecular formula is C32H31N2O. The zero-order valence-electron chi connectivity index (χ0n) is 20.0. The maximum Gasteiger partial charge on any atom is 0.160 e. The van der Waals surface area contributed by atoms with E-state index in [0.717, 1.165) is 59.5 Å². The molecular weight excluding hydrogens is 428 g/mol. The van der Waals surface area contributed by atoms with Crippen LogP contribution >= 0.6 is 0 Å². The van der Waals surface area contributed by atoms with Crippen LogP contribution < -0.4 is 5.06 Å². The molecule has 0 atom stereocenters. The topological polar surface area (TPSA) is 24.8 Å². The summed E-state index contributed by atoms with van der Waals surface area (Å²) in [6.07, 6.45) is 4.16. The Morgan fingerprint density at radius 2 is 1.23 bits per heavy atom. The van der Waals surface area contributed by atoms with Gasteiger partial charge in [0.1, 0.15) is 0 Å². The Hall–Kier alpha value is -3.69. The molecule has 175 valence electrons. The fraction of sp³-hybridized carbons (Fsp3) is 0.188. The molecule has 4 aromatic carbocycles. The van der Waals surface area contributed by atoms with Crippen LogP contribution in [-0.2, 0) is 10.4 Å². The number of hydrogen-bond donors (Lipinski definition) is 0. The van der Waals surface area contributed by atoms with Gasteiger partial charge in [0.05, 0.1) is 23.7 Å². The predicted octanol–water partition coefficient (Wildman–Crippen LogP) is 7.90. The highest BCUT2D eigenvalue weighted by Crippen LogP contribution is 2.50. The molecule has 0 unspecified atom stereocenters. The van der Waals surface area contributed by atoms with E-state index in [1.165, 1.54) is 0 Å². The largest absolute Gasteiger partial charge is 0.272 e. The predicted molar refractivity (Wildman–Crippen MR) is 145 cm³/mol. The molecule has 0 amide bonds. The summed E-state index contributed by atoms with van der Waals surface area (Å²) >= 11 is 0. The zero-order valence-corrected chi connectivity index (χ0v) is 20.0. The first-order valence-corrected chi connectivity index (χ1v) is 12.4. The normalized spacial score (nSPS) is 15.3. The fourth-order valence-corrected chi connectivity index (χ4v) is 4.91. The van der Waals surface area contributed by atoms with E-state index < -0.39 is 5.54 Å². The summed E-state index contributed by atoms with van der Waals surface area (Å²) in [4.78, 5) is 12.0. The van der Waals surface area contributed by atoms with E-state index in [0.29, 0.717) is 6.61 Å². The van der Waals surface area contributed by atoms with Crippen LogP contribution in [0.5, 0.6) is 0 Å². The summed E-state index contributed by atoms with van der Waals surface area (Å²) in [6, 6.07) is 39.8. The van der Waals surface area contributed by atoms with E-state index in [4.69, 9.17) is 9.83 Å². The Kier molecular flexibility index (Phi) is 7.06. The molecule has 3 nitrogen and oxygen atoms in total. The van der Waals surface area contributed by atoms with Crippen LogP contribution in [-0.4, -0.2) is 12.3 Å². The van der Waals surface area contributed by atoms with Gasteiger partial charge in [-0.05, 0) is 35.7 Å². The van der Waals surface area contributed by atoms with Crippen molar-refractivity contribution in [1.82, 2.24) is 0 Å². The lowest BCUT2D eigenvalue weighted by atomic mass is 9.78. The van der Waals surface area contributed by atoms with Crippen molar-refractivity contribution in [2.75, 3.05) is 11.7 Å². The Morgan fingerprint density at radius 3 is 1.86 bits per heavy atom. The molecule has 3 heteroatoms. The minimum Gasteiger partial charge on any atom is -0.272 e. The highest BCUT2D eigenvalue weighted by atomic mass is 16.7. The van der Waals surface area contributed by atoms with Gasteiger partial charge in [0.25, 0.3) is 0 Å². The van der Waals surface area contributed by atoms with Crippen molar-refractivity contribution in [3.63, 3.8) is 0 Å². The average Bonchev–Trinajstić information content (AvgIpc) is 3.20. The molecule has 0 saturated heterocycles. The number of hydrogen-bond acceptors (Lipinski definition) is 3. The lowest BCUT2D eigenvalue weighted by Gasteiger charge is -2.40. The van der Waals surface area contributed by atoms with E-state index >= 15 is 0 Å². The highest BCUT2D eigenvalue weighted by Gasteiger charge is 2.53. The number of unbranched alkanes of at least 4 members (excludes halogenated alkanes) is 3. The third kappa shape index (κ3) is 4.40. The second kappa shape index (κ2) is 10.7. The number of rotatable bonds is 9. The summed E-state index contributed by atoms with van der Waals surface area (Å²) in [7, 11) is 0. The second-order valence-corrected chi connectivity index (χ2v) is 8.80. The van der Waals surface area contributed by atoms with Crippen LogP contribution in [0.1, 0.15) is 42.4 Å². The number of anilines is 1. The van der Waals surface area contributed by atoms with E-state index in [-0.39, 0.29) is 0 Å². The first-order chi connectivity index (χ1) is 17.4. The van der Waals surface area contributed by atoms with Gasteiger partial charge in [0.15, 0.2) is 5.54 Å². The Balaban J connectivity index is 1.75. The molecule has 0 N–H and O–H groups in total. The van der Waals surface area contributed by atoms with Gasteiger partial charge in [0, 0.05) is 5.56 Å². The summed E-state index contributed by atoms with van der Waals surface area (Å²) in [5.74, 6) is 0. The van der Waals surface area contributed by atoms with Gasteiger partial charge in [-0.3, -0.25) is 4.84 Å². The number of aliphatic imine (C=N–C) groups is 1. The molecule has 35 heavy (non-hydrogen) atoms. The zero-order chi connectivity index (χ0) is 23.9. The maximum atomic E-state index is 6.70. The molecule has 0 aromatic heterocycles. The van der Waals surface area contributed by atoms with Crippen LogP contribution in [0.3, 0.4) is 0 Å². The van der Waals surface area contributed by atoms with Crippen LogP contribution in [0.4, 0.5) is 11.4 Å². The lowest BCUT2D eigenvalue weighted by molar-refractivity contribution is 0.0803. The van der Waals surface area contributed by atoms with Crippen LogP contribution in [0, 0.1) is 6.92 Å². The third-order valence-electron chi connectivity index (χ3n) is 6.52. The number of hydroxylamine groups is 1. The number of benzene rings is 4. The third-order valence-corrected chi connectivity index (χ3v) is 6.52. The van der Waals surface area contributed by atoms with Gasteiger partial charge >= 0.3 is 0 Å². The number of nitrogens with zero attached hydrogens (tertiary/aromatic N) is 2. The fourth-order valence-electron chi connectivity index (χ4n) is 4.91. The summed E-state index contributed by atoms with van der Waals surface area (Å²) in [6.45, 7) is 4.61. The van der Waals surface area contributed by atoms with Crippen molar-refractivity contribution in [2.45, 2.75) is 31.2 Å². The molecule has 4 aromatic rings. The molecule has 1 aliphatic heterocycles. The van der Waals surface area contributed by atoms with Crippen molar-refractivity contribution < 1.29 is 4.84 Å². The van der Waals surface area contributed by atoms with E-state index in [1.807, 2.05) is 18.2 Å². The number of fused-ring (bicyclic) bond motifs is 1. The monoisotopic (exact) mass is 459 g/mol. The van der Waals surface area contributed by atoms with Gasteiger partial charge in [-0.1, -0.05) is 123 Å². The molecule has 5 rings (SSSR count). The van der Waals surface area contributed by atoms with Crippen LogP contribution in [0.2, 0.25) is 0 Å². The molecule has 1 heterocycles. The lowest BCUT2D eigenvalue weighted by Crippen LogP contribution is -2.49. The minimum absolute atomic E-state index is 0.633. The number of para-hydroxylation sites is 2. The first-order valence-electron chi connectivity index (χ1n) is 12.4. The summed E-state index contributed by atoms with van der Waals surface area (Å²) < 4.78 is 0. The van der Waals surface area contributed by atoms with E-state index in [1.54, 1.807) is 0 Å². The smallest absolute Gasteiger partial charge is 0.160 e. The van der Waals surface area contributed by atoms with E-state index in [2.05, 4.69) is 109 Å². The molecule has 0 aliphatic carbocycles. The van der Waals surface area contributed by atoms with Gasteiger partial charge in [-0.15, -0.1) is 0 Å². The van der Waals surface area contributed by atoms with Crippen molar-refractivity contribution in [1.29, 1.82) is 0 Å². The van der Waals surface area contributed by atoms with Gasteiger partial charge in [-0.2, -0.15) is 0 Å². The van der Waals surface area contributed by atoms with Gasteiger partial charge in [0.2, 0.25) is 0 Å². The summed E-state index contributed by atoms with van der Waals surface area (Å²) in [5, 5.41) is 2.11.